The molecule has 0 saturated carbocycles. The van der Waals surface area contributed by atoms with E-state index < -0.39 is 0 Å². The van der Waals surface area contributed by atoms with Crippen LogP contribution < -0.4 is 15.4 Å². The van der Waals surface area contributed by atoms with Gasteiger partial charge < -0.3 is 15.4 Å². The van der Waals surface area contributed by atoms with Gasteiger partial charge in [-0.25, -0.2) is 0 Å². The van der Waals surface area contributed by atoms with Crippen LogP contribution in [0.4, 0.5) is 5.82 Å². The zero-order valence-corrected chi connectivity index (χ0v) is 11.7. The Morgan fingerprint density at radius 1 is 1.15 bits per heavy atom. The van der Waals surface area contributed by atoms with Crippen LogP contribution in [0.25, 0.3) is 0 Å². The molecule has 0 saturated heterocycles. The molecule has 0 amide bonds. The van der Waals surface area contributed by atoms with Gasteiger partial charge in [-0.15, -0.1) is 0 Å². The molecular weight excluding hydrogens is 252 g/mol. The first-order valence-electron chi connectivity index (χ1n) is 6.73. The van der Waals surface area contributed by atoms with Gasteiger partial charge >= 0.3 is 0 Å². The number of rotatable bonds is 8. The van der Waals surface area contributed by atoms with Gasteiger partial charge in [0.15, 0.2) is 0 Å². The molecule has 5 nitrogen and oxygen atoms in total. The maximum absolute atomic E-state index is 5.08. The summed E-state index contributed by atoms with van der Waals surface area (Å²) in [5.74, 6) is 1.47. The molecule has 5 heteroatoms. The van der Waals surface area contributed by atoms with Crippen LogP contribution in [0.1, 0.15) is 12.0 Å². The summed E-state index contributed by atoms with van der Waals surface area (Å²) in [6.07, 6.45) is 4.69. The summed E-state index contributed by atoms with van der Waals surface area (Å²) < 4.78 is 5.08. The lowest BCUT2D eigenvalue weighted by Gasteiger charge is -2.07. The summed E-state index contributed by atoms with van der Waals surface area (Å²) in [5.41, 5.74) is 1.20. The third-order valence-corrected chi connectivity index (χ3v) is 2.82. The summed E-state index contributed by atoms with van der Waals surface area (Å²) in [5, 5.41) is 6.66. The second-order valence-electron chi connectivity index (χ2n) is 4.38. The van der Waals surface area contributed by atoms with Gasteiger partial charge in [0.1, 0.15) is 5.82 Å². The van der Waals surface area contributed by atoms with E-state index in [1.807, 2.05) is 30.5 Å². The molecule has 2 aromatic rings. The monoisotopic (exact) mass is 272 g/mol. The molecule has 0 fully saturated rings. The molecule has 0 aliphatic carbocycles. The minimum atomic E-state index is 0.629. The fraction of sp³-hybridized carbons (Fsp3) is 0.333. The minimum Gasteiger partial charge on any atom is -0.481 e. The lowest BCUT2D eigenvalue weighted by Crippen LogP contribution is -2.18. The average Bonchev–Trinajstić information content (AvgIpc) is 2.52. The van der Waals surface area contributed by atoms with Crippen LogP contribution in [0.2, 0.25) is 0 Å². The van der Waals surface area contributed by atoms with Gasteiger partial charge in [-0.2, -0.15) is 4.98 Å². The van der Waals surface area contributed by atoms with Crippen LogP contribution in [0, 0.1) is 0 Å². The molecule has 0 unspecified atom stereocenters. The Balaban J connectivity index is 1.59. The van der Waals surface area contributed by atoms with Crippen molar-refractivity contribution in [3.63, 3.8) is 0 Å². The zero-order chi connectivity index (χ0) is 14.0. The van der Waals surface area contributed by atoms with E-state index in [4.69, 9.17) is 4.74 Å². The van der Waals surface area contributed by atoms with Crippen molar-refractivity contribution in [1.29, 1.82) is 0 Å². The second-order valence-corrected chi connectivity index (χ2v) is 4.38. The molecular formula is C15H20N4O. The standard InChI is InChI=1S/C15H20N4O/c1-20-15-7-2-6-14(19-15)18-10-4-9-17-12-13-5-3-8-16-11-13/h2-3,5-8,11,17H,4,9-10,12H2,1H3,(H,18,19). The molecule has 0 aliphatic heterocycles. The minimum absolute atomic E-state index is 0.629. The molecule has 2 N–H and O–H groups in total. The highest BCUT2D eigenvalue weighted by Crippen LogP contribution is 2.10. The van der Waals surface area contributed by atoms with Crippen molar-refractivity contribution in [2.45, 2.75) is 13.0 Å². The Hall–Kier alpha value is -2.14. The Bertz CT molecular complexity index is 504. The lowest BCUT2D eigenvalue weighted by atomic mass is 10.3. The van der Waals surface area contributed by atoms with E-state index >= 15 is 0 Å². The van der Waals surface area contributed by atoms with E-state index in [9.17, 15) is 0 Å². The van der Waals surface area contributed by atoms with E-state index in [1.54, 1.807) is 13.3 Å². The highest BCUT2D eigenvalue weighted by molar-refractivity contribution is 5.36. The quantitative estimate of drug-likeness (QED) is 0.720. The molecule has 0 spiro atoms. The van der Waals surface area contributed by atoms with Crippen molar-refractivity contribution < 1.29 is 4.74 Å². The summed E-state index contributed by atoms with van der Waals surface area (Å²) in [6.45, 7) is 2.68. The van der Waals surface area contributed by atoms with Gasteiger partial charge in [0.05, 0.1) is 7.11 Å². The number of methoxy groups -OCH3 is 1. The summed E-state index contributed by atoms with van der Waals surface area (Å²) in [4.78, 5) is 8.38. The molecule has 0 radical (unpaired) electrons. The molecule has 0 atom stereocenters. The van der Waals surface area contributed by atoms with E-state index in [-0.39, 0.29) is 0 Å². The molecule has 2 rings (SSSR count). The molecule has 2 heterocycles. The third kappa shape index (κ3) is 4.85. The summed E-state index contributed by atoms with van der Waals surface area (Å²) in [6, 6.07) is 9.71. The van der Waals surface area contributed by atoms with Crippen molar-refractivity contribution in [2.24, 2.45) is 0 Å². The highest BCUT2D eigenvalue weighted by atomic mass is 16.5. The van der Waals surface area contributed by atoms with Crippen molar-refractivity contribution in [3.05, 3.63) is 48.3 Å². The van der Waals surface area contributed by atoms with Gasteiger partial charge in [-0.3, -0.25) is 4.98 Å². The van der Waals surface area contributed by atoms with E-state index in [0.717, 1.165) is 31.9 Å². The largest absolute Gasteiger partial charge is 0.481 e. The van der Waals surface area contributed by atoms with Gasteiger partial charge in [0.2, 0.25) is 5.88 Å². The maximum atomic E-state index is 5.08. The Morgan fingerprint density at radius 2 is 2.10 bits per heavy atom. The lowest BCUT2D eigenvalue weighted by molar-refractivity contribution is 0.398. The van der Waals surface area contributed by atoms with Crippen LogP contribution in [-0.2, 0) is 6.54 Å². The Kier molecular flexibility index (Phi) is 5.79. The van der Waals surface area contributed by atoms with E-state index in [2.05, 4.69) is 26.7 Å². The van der Waals surface area contributed by atoms with Gasteiger partial charge in [0, 0.05) is 31.5 Å². The average molecular weight is 272 g/mol. The normalized spacial score (nSPS) is 10.2. The summed E-state index contributed by atoms with van der Waals surface area (Å²) in [7, 11) is 1.62. The smallest absolute Gasteiger partial charge is 0.214 e. The highest BCUT2D eigenvalue weighted by Gasteiger charge is 1.96. The van der Waals surface area contributed by atoms with Crippen LogP contribution in [-0.4, -0.2) is 30.2 Å². The number of aromatic nitrogens is 2. The van der Waals surface area contributed by atoms with Crippen molar-refractivity contribution in [3.8, 4) is 5.88 Å². The van der Waals surface area contributed by atoms with Crippen LogP contribution >= 0.6 is 0 Å². The fourth-order valence-corrected chi connectivity index (χ4v) is 1.79. The predicted molar refractivity (Wildman–Crippen MR) is 79.8 cm³/mol. The number of hydrogen-bond donors (Lipinski definition) is 2. The number of nitrogens with zero attached hydrogens (tertiary/aromatic N) is 2. The maximum Gasteiger partial charge on any atom is 0.214 e. The van der Waals surface area contributed by atoms with Crippen LogP contribution in [0.3, 0.4) is 0 Å². The molecule has 0 bridgehead atoms. The Labute approximate surface area is 119 Å². The number of hydrogen-bond acceptors (Lipinski definition) is 5. The number of pyridine rings is 2. The van der Waals surface area contributed by atoms with E-state index in [0.29, 0.717) is 5.88 Å². The Morgan fingerprint density at radius 3 is 2.90 bits per heavy atom. The molecule has 106 valence electrons. The predicted octanol–water partition coefficient (Wildman–Crippen LogP) is 2.08. The van der Waals surface area contributed by atoms with Gasteiger partial charge in [0.25, 0.3) is 0 Å². The van der Waals surface area contributed by atoms with Crippen LogP contribution in [0.15, 0.2) is 42.7 Å². The second kappa shape index (κ2) is 8.12. The molecule has 2 aromatic heterocycles. The number of nitrogens with one attached hydrogen (secondary N) is 2. The molecule has 20 heavy (non-hydrogen) atoms. The van der Waals surface area contributed by atoms with Crippen LogP contribution in [0.5, 0.6) is 5.88 Å². The van der Waals surface area contributed by atoms with Gasteiger partial charge in [-0.1, -0.05) is 12.1 Å². The molecule has 0 aromatic carbocycles. The fourth-order valence-electron chi connectivity index (χ4n) is 1.79. The van der Waals surface area contributed by atoms with Crippen molar-refractivity contribution in [2.75, 3.05) is 25.5 Å². The first kappa shape index (κ1) is 14.3. The third-order valence-electron chi connectivity index (χ3n) is 2.82. The van der Waals surface area contributed by atoms with E-state index in [1.165, 1.54) is 5.56 Å². The SMILES string of the molecule is COc1cccc(NCCCNCc2cccnc2)n1. The first-order valence-corrected chi connectivity index (χ1v) is 6.73. The zero-order valence-electron chi connectivity index (χ0n) is 11.7. The first-order chi connectivity index (χ1) is 9.88. The topological polar surface area (TPSA) is 59.1 Å². The summed E-state index contributed by atoms with van der Waals surface area (Å²) >= 11 is 0. The number of ether oxygens (including phenoxy) is 1. The van der Waals surface area contributed by atoms with Crippen molar-refractivity contribution in [1.82, 2.24) is 15.3 Å². The number of anilines is 1. The van der Waals surface area contributed by atoms with Crippen molar-refractivity contribution >= 4 is 5.82 Å². The van der Waals surface area contributed by atoms with Gasteiger partial charge in [-0.05, 0) is 30.7 Å². The molecule has 0 aliphatic rings.